The van der Waals surface area contributed by atoms with E-state index in [4.69, 9.17) is 0 Å². The predicted molar refractivity (Wildman–Crippen MR) is 63.7 cm³/mol. The van der Waals surface area contributed by atoms with Gasteiger partial charge in [0.25, 0.3) is 0 Å². The summed E-state index contributed by atoms with van der Waals surface area (Å²) in [5.74, 6) is -0.730. The van der Waals surface area contributed by atoms with Crippen LogP contribution in [0, 0.1) is 11.3 Å². The number of aliphatic hydroxyl groups excluding tert-OH is 1. The number of piperidine rings is 1. The van der Waals surface area contributed by atoms with Gasteiger partial charge < -0.3 is 20.5 Å². The minimum Gasteiger partial charge on any atom is -0.467 e. The second-order valence-corrected chi connectivity index (χ2v) is 5.15. The molecule has 0 aromatic carbocycles. The molecule has 1 aliphatic carbocycles. The van der Waals surface area contributed by atoms with Crippen molar-refractivity contribution in [3.8, 4) is 0 Å². The van der Waals surface area contributed by atoms with Gasteiger partial charge in [-0.15, -0.1) is 0 Å². The first-order valence-corrected chi connectivity index (χ1v) is 6.33. The van der Waals surface area contributed by atoms with Crippen LogP contribution in [0.15, 0.2) is 0 Å². The van der Waals surface area contributed by atoms with Crippen molar-refractivity contribution in [3.63, 3.8) is 0 Å². The molecule has 0 aromatic rings. The van der Waals surface area contributed by atoms with Crippen molar-refractivity contribution in [3.05, 3.63) is 0 Å². The molecule has 1 aliphatic heterocycles. The van der Waals surface area contributed by atoms with Crippen molar-refractivity contribution in [2.45, 2.75) is 25.4 Å². The van der Waals surface area contributed by atoms with Crippen molar-refractivity contribution < 1.29 is 19.4 Å². The Hall–Kier alpha value is -1.14. The average molecular weight is 256 g/mol. The zero-order valence-electron chi connectivity index (χ0n) is 10.6. The van der Waals surface area contributed by atoms with Gasteiger partial charge in [-0.3, -0.25) is 4.79 Å². The smallest absolute Gasteiger partial charge is 0.336 e. The summed E-state index contributed by atoms with van der Waals surface area (Å²) >= 11 is 0. The van der Waals surface area contributed by atoms with Gasteiger partial charge in [0.1, 0.15) is 0 Å². The second-order valence-electron chi connectivity index (χ2n) is 5.15. The summed E-state index contributed by atoms with van der Waals surface area (Å²) in [5.41, 5.74) is 0.172. The minimum atomic E-state index is -1.28. The Balaban J connectivity index is 1.75. The lowest BCUT2D eigenvalue weighted by Gasteiger charge is -2.23. The van der Waals surface area contributed by atoms with E-state index in [1.54, 1.807) is 0 Å². The van der Waals surface area contributed by atoms with E-state index in [9.17, 15) is 14.7 Å². The molecular formula is C12H20N2O4. The Bertz CT molecular complexity index is 339. The van der Waals surface area contributed by atoms with Crippen LogP contribution in [0.25, 0.3) is 0 Å². The van der Waals surface area contributed by atoms with Gasteiger partial charge in [0.05, 0.1) is 13.7 Å². The summed E-state index contributed by atoms with van der Waals surface area (Å²) in [4.78, 5) is 22.9. The molecule has 6 heteroatoms. The van der Waals surface area contributed by atoms with Crippen LogP contribution in [0.5, 0.6) is 0 Å². The fourth-order valence-electron chi connectivity index (χ4n) is 2.74. The van der Waals surface area contributed by atoms with E-state index in [0.717, 1.165) is 32.4 Å². The molecule has 1 saturated heterocycles. The molecule has 0 bridgehead atoms. The highest BCUT2D eigenvalue weighted by Gasteiger charge is 2.57. The van der Waals surface area contributed by atoms with Crippen molar-refractivity contribution in [2.75, 3.05) is 26.7 Å². The average Bonchev–Trinajstić information content (AvgIpc) is 3.09. The Kier molecular flexibility index (Phi) is 3.87. The van der Waals surface area contributed by atoms with Crippen LogP contribution in [0.4, 0.5) is 0 Å². The van der Waals surface area contributed by atoms with Gasteiger partial charge in [-0.2, -0.15) is 0 Å². The normalized spacial score (nSPS) is 26.4. The number of esters is 1. The van der Waals surface area contributed by atoms with E-state index in [1.165, 1.54) is 7.11 Å². The summed E-state index contributed by atoms with van der Waals surface area (Å²) in [6.45, 7) is 1.86. The van der Waals surface area contributed by atoms with Crippen LogP contribution < -0.4 is 10.6 Å². The maximum absolute atomic E-state index is 11.9. The Morgan fingerprint density at radius 3 is 2.78 bits per heavy atom. The summed E-state index contributed by atoms with van der Waals surface area (Å²) in [7, 11) is 1.21. The third-order valence-electron chi connectivity index (χ3n) is 4.05. The second kappa shape index (κ2) is 5.24. The van der Waals surface area contributed by atoms with Crippen LogP contribution in [-0.4, -0.2) is 49.8 Å². The van der Waals surface area contributed by atoms with Crippen LogP contribution in [0.2, 0.25) is 0 Å². The fourth-order valence-corrected chi connectivity index (χ4v) is 2.74. The molecule has 1 heterocycles. The molecule has 2 unspecified atom stereocenters. The van der Waals surface area contributed by atoms with Gasteiger partial charge in [-0.25, -0.2) is 4.79 Å². The SMILES string of the molecule is COC(=O)C(O)CNC(=O)C1CC12CCNCC2. The van der Waals surface area contributed by atoms with Crippen LogP contribution in [0.3, 0.4) is 0 Å². The first-order chi connectivity index (χ1) is 8.59. The number of aliphatic hydroxyl groups is 1. The maximum Gasteiger partial charge on any atom is 0.336 e. The first kappa shape index (κ1) is 13.3. The zero-order valence-corrected chi connectivity index (χ0v) is 10.6. The lowest BCUT2D eigenvalue weighted by Crippen LogP contribution is -2.39. The van der Waals surface area contributed by atoms with Gasteiger partial charge in [0.15, 0.2) is 6.10 Å². The number of ether oxygens (including phenoxy) is 1. The third-order valence-corrected chi connectivity index (χ3v) is 4.05. The first-order valence-electron chi connectivity index (χ1n) is 6.33. The number of rotatable bonds is 4. The van der Waals surface area contributed by atoms with Crippen LogP contribution in [0.1, 0.15) is 19.3 Å². The molecule has 3 N–H and O–H groups in total. The molecule has 102 valence electrons. The lowest BCUT2D eigenvalue weighted by atomic mass is 9.92. The van der Waals surface area contributed by atoms with Crippen molar-refractivity contribution >= 4 is 11.9 Å². The van der Waals surface area contributed by atoms with E-state index >= 15 is 0 Å². The summed E-state index contributed by atoms with van der Waals surface area (Å²) in [6, 6.07) is 0. The Labute approximate surface area is 106 Å². The monoisotopic (exact) mass is 256 g/mol. The van der Waals surface area contributed by atoms with Gasteiger partial charge in [0.2, 0.25) is 5.91 Å². The maximum atomic E-state index is 11.9. The summed E-state index contributed by atoms with van der Waals surface area (Å²) < 4.78 is 4.38. The number of hydrogen-bond donors (Lipinski definition) is 3. The zero-order chi connectivity index (χ0) is 13.2. The molecule has 18 heavy (non-hydrogen) atoms. The topological polar surface area (TPSA) is 87.7 Å². The fraction of sp³-hybridized carbons (Fsp3) is 0.833. The number of amides is 1. The molecule has 2 aliphatic rings. The molecule has 1 amide bonds. The van der Waals surface area contributed by atoms with E-state index in [0.29, 0.717) is 0 Å². The number of carbonyl (C=O) groups is 2. The molecule has 1 saturated carbocycles. The molecule has 2 rings (SSSR count). The quantitative estimate of drug-likeness (QED) is 0.563. The minimum absolute atomic E-state index is 0.0458. The van der Waals surface area contributed by atoms with Gasteiger partial charge in [-0.05, 0) is 37.8 Å². The van der Waals surface area contributed by atoms with Crippen molar-refractivity contribution in [1.82, 2.24) is 10.6 Å². The number of nitrogens with one attached hydrogen (secondary N) is 2. The highest BCUT2D eigenvalue weighted by Crippen LogP contribution is 2.58. The van der Waals surface area contributed by atoms with Gasteiger partial charge >= 0.3 is 5.97 Å². The van der Waals surface area contributed by atoms with Gasteiger partial charge in [0, 0.05) is 5.92 Å². The van der Waals surface area contributed by atoms with Crippen molar-refractivity contribution in [1.29, 1.82) is 0 Å². The highest BCUT2D eigenvalue weighted by atomic mass is 16.5. The highest BCUT2D eigenvalue weighted by molar-refractivity contribution is 5.83. The number of carbonyl (C=O) groups excluding carboxylic acids is 2. The van der Waals surface area contributed by atoms with E-state index < -0.39 is 12.1 Å². The third kappa shape index (κ3) is 2.64. The number of methoxy groups -OCH3 is 1. The molecule has 1 spiro atoms. The summed E-state index contributed by atoms with van der Waals surface area (Å²) in [5, 5.41) is 15.3. The van der Waals surface area contributed by atoms with E-state index in [-0.39, 0.29) is 23.8 Å². The van der Waals surface area contributed by atoms with Crippen LogP contribution >= 0.6 is 0 Å². The molecule has 0 aromatic heterocycles. The molecule has 2 atom stereocenters. The van der Waals surface area contributed by atoms with Crippen molar-refractivity contribution in [2.24, 2.45) is 11.3 Å². The largest absolute Gasteiger partial charge is 0.467 e. The van der Waals surface area contributed by atoms with Gasteiger partial charge in [-0.1, -0.05) is 0 Å². The molecule has 6 nitrogen and oxygen atoms in total. The Morgan fingerprint density at radius 2 is 2.17 bits per heavy atom. The molecule has 2 fully saturated rings. The van der Waals surface area contributed by atoms with E-state index in [1.807, 2.05) is 0 Å². The lowest BCUT2D eigenvalue weighted by molar-refractivity contribution is -0.150. The Morgan fingerprint density at radius 1 is 1.50 bits per heavy atom. The standard InChI is InChI=1S/C12H20N2O4/c1-18-11(17)9(15)7-14-10(16)8-6-12(8)2-4-13-5-3-12/h8-9,13,15H,2-7H2,1H3,(H,14,16). The van der Waals surface area contributed by atoms with E-state index in [2.05, 4.69) is 15.4 Å². The summed E-state index contributed by atoms with van der Waals surface area (Å²) in [6.07, 6.45) is 1.71. The molecule has 0 radical (unpaired) electrons. The predicted octanol–water partition coefficient (Wildman–Crippen LogP) is -0.974. The van der Waals surface area contributed by atoms with Crippen LogP contribution in [-0.2, 0) is 14.3 Å². The number of hydrogen-bond acceptors (Lipinski definition) is 5. The molecular weight excluding hydrogens is 236 g/mol.